The van der Waals surface area contributed by atoms with Crippen LogP contribution in [-0.4, -0.2) is 21.7 Å². The molecular formula is C8H12N2O2. The smallest absolute Gasteiger partial charge is 0.328 e. The molecule has 66 valence electrons. The van der Waals surface area contributed by atoms with E-state index in [1.54, 1.807) is 6.07 Å². The van der Waals surface area contributed by atoms with Crippen molar-refractivity contribution in [3.63, 3.8) is 0 Å². The van der Waals surface area contributed by atoms with Crippen molar-refractivity contribution in [2.75, 3.05) is 0 Å². The molecule has 0 atom stereocenters. The van der Waals surface area contributed by atoms with Crippen LogP contribution in [0.25, 0.3) is 0 Å². The lowest BCUT2D eigenvalue weighted by molar-refractivity contribution is 0.237. The molecule has 1 rings (SSSR count). The van der Waals surface area contributed by atoms with Gasteiger partial charge in [-0.1, -0.05) is 0 Å². The largest absolute Gasteiger partial charge is 0.494 e. The Labute approximate surface area is 70.8 Å². The van der Waals surface area contributed by atoms with E-state index in [9.17, 15) is 4.79 Å². The van der Waals surface area contributed by atoms with Crippen molar-refractivity contribution in [2.45, 2.75) is 19.9 Å². The van der Waals surface area contributed by atoms with Crippen LogP contribution in [0.1, 0.15) is 13.8 Å². The third kappa shape index (κ3) is 1.78. The van der Waals surface area contributed by atoms with E-state index in [4.69, 9.17) is 5.11 Å². The van der Waals surface area contributed by atoms with E-state index in [0.29, 0.717) is 0 Å². The molecule has 4 heteroatoms. The first kappa shape index (κ1) is 8.64. The van der Waals surface area contributed by atoms with Crippen LogP contribution in [0.3, 0.4) is 0 Å². The summed E-state index contributed by atoms with van der Waals surface area (Å²) in [4.78, 5) is 11.2. The molecule has 0 saturated heterocycles. The Kier molecular flexibility index (Phi) is 2.38. The summed E-state index contributed by atoms with van der Waals surface area (Å²) >= 11 is 0. The molecule has 0 aliphatic carbocycles. The highest BCUT2D eigenvalue weighted by molar-refractivity contribution is 5.78. The highest BCUT2D eigenvalue weighted by Crippen LogP contribution is 2.07. The van der Waals surface area contributed by atoms with E-state index < -0.39 is 0 Å². The number of nitrogens with one attached hydrogen (secondary N) is 1. The predicted molar refractivity (Wildman–Crippen MR) is 45.2 cm³/mol. The lowest BCUT2D eigenvalue weighted by Gasteiger charge is -2.08. The van der Waals surface area contributed by atoms with Gasteiger partial charge < -0.3 is 10.4 Å². The fourth-order valence-electron chi connectivity index (χ4n) is 0.860. The van der Waals surface area contributed by atoms with Gasteiger partial charge in [0, 0.05) is 18.3 Å². The standard InChI is InChI=1S/C8H12N2O2/c1-6(2)9-8(12)10-5-3-4-7(10)11/h3-6,11H,1-2H3,(H,9,12). The van der Waals surface area contributed by atoms with Crippen molar-refractivity contribution in [1.29, 1.82) is 0 Å². The first-order chi connectivity index (χ1) is 5.61. The van der Waals surface area contributed by atoms with E-state index in [-0.39, 0.29) is 18.0 Å². The van der Waals surface area contributed by atoms with Gasteiger partial charge in [0.2, 0.25) is 0 Å². The summed E-state index contributed by atoms with van der Waals surface area (Å²) in [6, 6.07) is 2.82. The summed E-state index contributed by atoms with van der Waals surface area (Å²) in [6.07, 6.45) is 1.51. The highest BCUT2D eigenvalue weighted by atomic mass is 16.3. The lowest BCUT2D eigenvalue weighted by atomic mass is 10.4. The van der Waals surface area contributed by atoms with Crippen LogP contribution in [0.4, 0.5) is 4.79 Å². The molecule has 0 aliphatic rings. The number of aromatic nitrogens is 1. The Bertz CT molecular complexity index is 278. The molecule has 0 unspecified atom stereocenters. The van der Waals surface area contributed by atoms with Gasteiger partial charge in [0.25, 0.3) is 0 Å². The topological polar surface area (TPSA) is 54.3 Å². The Hall–Kier alpha value is -1.45. The first-order valence-electron chi connectivity index (χ1n) is 3.78. The van der Waals surface area contributed by atoms with Gasteiger partial charge in [-0.05, 0) is 19.9 Å². The van der Waals surface area contributed by atoms with E-state index in [1.807, 2.05) is 13.8 Å². The van der Waals surface area contributed by atoms with Gasteiger partial charge in [-0.15, -0.1) is 0 Å². The minimum Gasteiger partial charge on any atom is -0.494 e. The van der Waals surface area contributed by atoms with Crippen molar-refractivity contribution in [3.8, 4) is 5.88 Å². The molecule has 0 bridgehead atoms. The van der Waals surface area contributed by atoms with Crippen LogP contribution in [0.2, 0.25) is 0 Å². The summed E-state index contributed by atoms with van der Waals surface area (Å²) in [7, 11) is 0. The zero-order chi connectivity index (χ0) is 9.14. The summed E-state index contributed by atoms with van der Waals surface area (Å²) < 4.78 is 1.15. The SMILES string of the molecule is CC(C)NC(=O)n1cccc1O. The lowest BCUT2D eigenvalue weighted by Crippen LogP contribution is -2.33. The van der Waals surface area contributed by atoms with E-state index in [0.717, 1.165) is 4.57 Å². The summed E-state index contributed by atoms with van der Waals surface area (Å²) in [5.74, 6) is -0.0480. The second-order valence-electron chi connectivity index (χ2n) is 2.84. The van der Waals surface area contributed by atoms with Crippen molar-refractivity contribution in [1.82, 2.24) is 9.88 Å². The Morgan fingerprint density at radius 2 is 2.33 bits per heavy atom. The van der Waals surface area contributed by atoms with Crippen molar-refractivity contribution < 1.29 is 9.90 Å². The zero-order valence-electron chi connectivity index (χ0n) is 7.11. The molecule has 4 nitrogen and oxygen atoms in total. The number of nitrogens with zero attached hydrogens (tertiary/aromatic N) is 1. The average molecular weight is 168 g/mol. The van der Waals surface area contributed by atoms with Crippen LogP contribution >= 0.6 is 0 Å². The average Bonchev–Trinajstić information content (AvgIpc) is 2.33. The van der Waals surface area contributed by atoms with E-state index >= 15 is 0 Å². The molecule has 12 heavy (non-hydrogen) atoms. The summed E-state index contributed by atoms with van der Waals surface area (Å²) in [5.41, 5.74) is 0. The van der Waals surface area contributed by atoms with Crippen LogP contribution in [-0.2, 0) is 0 Å². The molecular weight excluding hydrogens is 156 g/mol. The van der Waals surface area contributed by atoms with Crippen molar-refractivity contribution in [3.05, 3.63) is 18.3 Å². The third-order valence-corrected chi connectivity index (χ3v) is 1.36. The molecule has 0 fully saturated rings. The maximum atomic E-state index is 11.2. The number of hydrogen-bond acceptors (Lipinski definition) is 2. The fourth-order valence-corrected chi connectivity index (χ4v) is 0.860. The molecule has 1 aromatic heterocycles. The molecule has 0 radical (unpaired) electrons. The summed E-state index contributed by atoms with van der Waals surface area (Å²) in [5, 5.41) is 11.8. The van der Waals surface area contributed by atoms with Crippen LogP contribution < -0.4 is 5.32 Å². The Morgan fingerprint density at radius 3 is 2.75 bits per heavy atom. The normalized spacial score (nSPS) is 10.2. The van der Waals surface area contributed by atoms with Gasteiger partial charge in [0.15, 0.2) is 5.88 Å². The summed E-state index contributed by atoms with van der Waals surface area (Å²) in [6.45, 7) is 3.72. The predicted octanol–water partition coefficient (Wildman–Crippen LogP) is 1.16. The maximum Gasteiger partial charge on any atom is 0.328 e. The number of carbonyl (C=O) groups is 1. The van der Waals surface area contributed by atoms with Gasteiger partial charge >= 0.3 is 6.03 Å². The van der Waals surface area contributed by atoms with Gasteiger partial charge in [-0.25, -0.2) is 9.36 Å². The van der Waals surface area contributed by atoms with Crippen molar-refractivity contribution >= 4 is 6.03 Å². The Balaban J connectivity index is 2.72. The molecule has 0 aliphatic heterocycles. The Morgan fingerprint density at radius 1 is 1.67 bits per heavy atom. The third-order valence-electron chi connectivity index (χ3n) is 1.36. The molecule has 1 amide bonds. The number of aromatic hydroxyl groups is 1. The number of carbonyl (C=O) groups excluding carboxylic acids is 1. The van der Waals surface area contributed by atoms with E-state index in [1.165, 1.54) is 12.3 Å². The minimum atomic E-state index is -0.312. The molecule has 1 heterocycles. The molecule has 0 aromatic carbocycles. The van der Waals surface area contributed by atoms with Gasteiger partial charge in [-0.3, -0.25) is 0 Å². The number of amides is 1. The second-order valence-corrected chi connectivity index (χ2v) is 2.84. The molecule has 0 saturated carbocycles. The maximum absolute atomic E-state index is 11.2. The van der Waals surface area contributed by atoms with Gasteiger partial charge in [0.1, 0.15) is 0 Å². The number of rotatable bonds is 1. The zero-order valence-corrected chi connectivity index (χ0v) is 7.11. The molecule has 2 N–H and O–H groups in total. The minimum absolute atomic E-state index is 0.0480. The van der Waals surface area contributed by atoms with Gasteiger partial charge in [0.05, 0.1) is 0 Å². The molecule has 1 aromatic rings. The highest BCUT2D eigenvalue weighted by Gasteiger charge is 2.07. The van der Waals surface area contributed by atoms with Crippen LogP contribution in [0, 0.1) is 0 Å². The quantitative estimate of drug-likeness (QED) is 0.661. The first-order valence-corrected chi connectivity index (χ1v) is 3.78. The van der Waals surface area contributed by atoms with Crippen molar-refractivity contribution in [2.24, 2.45) is 0 Å². The van der Waals surface area contributed by atoms with E-state index in [2.05, 4.69) is 5.32 Å². The second kappa shape index (κ2) is 3.30. The fraction of sp³-hybridized carbons (Fsp3) is 0.375. The van der Waals surface area contributed by atoms with Crippen LogP contribution in [0.15, 0.2) is 18.3 Å². The number of hydrogen-bond donors (Lipinski definition) is 2. The monoisotopic (exact) mass is 168 g/mol. The molecule has 0 spiro atoms. The van der Waals surface area contributed by atoms with Gasteiger partial charge in [-0.2, -0.15) is 0 Å². The van der Waals surface area contributed by atoms with Crippen LogP contribution in [0.5, 0.6) is 5.88 Å².